The summed E-state index contributed by atoms with van der Waals surface area (Å²) >= 11 is 1.54. The fourth-order valence-corrected chi connectivity index (χ4v) is 4.80. The second-order valence-electron chi connectivity index (χ2n) is 7.47. The molecule has 2 heterocycles. The Balaban J connectivity index is 1.53. The van der Waals surface area contributed by atoms with Gasteiger partial charge < -0.3 is 19.5 Å². The average molecular weight is 417 g/mol. The number of carbonyl (C=O) groups excluding carboxylic acids is 1. The summed E-state index contributed by atoms with van der Waals surface area (Å²) < 4.78 is 16.4. The number of hydrogen-bond acceptors (Lipinski definition) is 6. The predicted molar refractivity (Wildman–Crippen MR) is 113 cm³/mol. The van der Waals surface area contributed by atoms with E-state index in [1.165, 1.54) is 29.7 Å². The van der Waals surface area contributed by atoms with Crippen LogP contribution in [0.25, 0.3) is 0 Å². The lowest BCUT2D eigenvalue weighted by Gasteiger charge is -2.35. The molecule has 156 valence electrons. The Labute approximate surface area is 175 Å². The number of morpholine rings is 1. The van der Waals surface area contributed by atoms with Crippen LogP contribution >= 0.6 is 11.3 Å². The highest BCUT2D eigenvalue weighted by Gasteiger charge is 2.30. The third-order valence-corrected chi connectivity index (χ3v) is 6.58. The molecule has 2 aliphatic rings. The molecule has 1 saturated heterocycles. The van der Waals surface area contributed by atoms with E-state index in [4.69, 9.17) is 14.2 Å². The number of nitrogens with one attached hydrogen (secondary N) is 1. The highest BCUT2D eigenvalue weighted by Crippen LogP contribution is 2.43. The van der Waals surface area contributed by atoms with E-state index in [9.17, 15) is 4.79 Å². The van der Waals surface area contributed by atoms with Crippen molar-refractivity contribution in [2.75, 3.05) is 47.1 Å². The van der Waals surface area contributed by atoms with Gasteiger partial charge in [-0.2, -0.15) is 0 Å². The third kappa shape index (κ3) is 4.57. The summed E-state index contributed by atoms with van der Waals surface area (Å²) in [5.74, 6) is 2.00. The number of nitrogens with zero attached hydrogens (tertiary/aromatic N) is 1. The van der Waals surface area contributed by atoms with Gasteiger partial charge >= 0.3 is 0 Å². The fourth-order valence-electron chi connectivity index (χ4n) is 3.90. The Hall–Kier alpha value is -2.09. The summed E-state index contributed by atoms with van der Waals surface area (Å²) in [5, 5.41) is 5.21. The first-order valence-electron chi connectivity index (χ1n) is 10.1. The van der Waals surface area contributed by atoms with Gasteiger partial charge in [0.2, 0.25) is 0 Å². The summed E-state index contributed by atoms with van der Waals surface area (Å²) in [6.45, 7) is 3.61. The van der Waals surface area contributed by atoms with E-state index >= 15 is 0 Å². The van der Waals surface area contributed by atoms with E-state index < -0.39 is 0 Å². The molecule has 2 fully saturated rings. The number of ether oxygens (including phenoxy) is 3. The minimum absolute atomic E-state index is 0.0284. The highest BCUT2D eigenvalue weighted by molar-refractivity contribution is 7.12. The van der Waals surface area contributed by atoms with Gasteiger partial charge in [0.15, 0.2) is 11.5 Å². The van der Waals surface area contributed by atoms with Gasteiger partial charge in [-0.3, -0.25) is 9.69 Å². The number of hydrogen-bond donors (Lipinski definition) is 1. The van der Waals surface area contributed by atoms with Crippen LogP contribution in [0.15, 0.2) is 29.6 Å². The molecule has 1 aromatic carbocycles. The van der Waals surface area contributed by atoms with Gasteiger partial charge in [0.1, 0.15) is 0 Å². The number of benzene rings is 1. The largest absolute Gasteiger partial charge is 0.493 e. The molecule has 1 aromatic heterocycles. The molecule has 2 aromatic rings. The maximum Gasteiger partial charge on any atom is 0.261 e. The van der Waals surface area contributed by atoms with Gasteiger partial charge in [0.05, 0.1) is 38.4 Å². The van der Waals surface area contributed by atoms with Crippen LogP contribution in [0.4, 0.5) is 0 Å². The SMILES string of the molecule is COc1ccc(C(CNC(=O)c2sccc2C2CC2)N2CCOCC2)cc1OC. The molecule has 29 heavy (non-hydrogen) atoms. The quantitative estimate of drug-likeness (QED) is 0.714. The fraction of sp³-hybridized carbons (Fsp3) is 0.500. The van der Waals surface area contributed by atoms with Crippen LogP contribution in [-0.2, 0) is 4.74 Å². The molecule has 1 saturated carbocycles. The Morgan fingerprint density at radius 2 is 1.97 bits per heavy atom. The zero-order valence-corrected chi connectivity index (χ0v) is 17.8. The Bertz CT molecular complexity index is 843. The topological polar surface area (TPSA) is 60.0 Å². The van der Waals surface area contributed by atoms with Crippen LogP contribution in [-0.4, -0.2) is 57.9 Å². The summed E-state index contributed by atoms with van der Waals surface area (Å²) in [7, 11) is 3.28. The van der Waals surface area contributed by atoms with Gasteiger partial charge in [0.25, 0.3) is 5.91 Å². The Kier molecular flexibility index (Phi) is 6.37. The minimum atomic E-state index is 0.0284. The van der Waals surface area contributed by atoms with Crippen molar-refractivity contribution in [3.05, 3.63) is 45.6 Å². The van der Waals surface area contributed by atoms with Gasteiger partial charge in [0, 0.05) is 19.6 Å². The Morgan fingerprint density at radius 3 is 2.66 bits per heavy atom. The van der Waals surface area contributed by atoms with Crippen molar-refractivity contribution in [1.29, 1.82) is 0 Å². The molecule has 0 spiro atoms. The van der Waals surface area contributed by atoms with Crippen LogP contribution in [0.5, 0.6) is 11.5 Å². The molecule has 4 rings (SSSR count). The number of methoxy groups -OCH3 is 2. The molecular weight excluding hydrogens is 388 g/mol. The first-order valence-corrected chi connectivity index (χ1v) is 11.0. The summed E-state index contributed by atoms with van der Waals surface area (Å²) in [5.41, 5.74) is 2.31. The third-order valence-electron chi connectivity index (χ3n) is 5.65. The molecule has 6 nitrogen and oxygen atoms in total. The predicted octanol–water partition coefficient (Wildman–Crippen LogP) is 3.45. The van der Waals surface area contributed by atoms with Crippen molar-refractivity contribution in [2.45, 2.75) is 24.8 Å². The zero-order chi connectivity index (χ0) is 20.2. The maximum atomic E-state index is 12.9. The monoisotopic (exact) mass is 416 g/mol. The number of rotatable bonds is 8. The number of thiophene rings is 1. The van der Waals surface area contributed by atoms with E-state index in [1.807, 2.05) is 17.5 Å². The summed E-state index contributed by atoms with van der Waals surface area (Å²) in [4.78, 5) is 16.1. The average Bonchev–Trinajstić information content (AvgIpc) is 3.50. The van der Waals surface area contributed by atoms with Gasteiger partial charge in [-0.15, -0.1) is 11.3 Å². The molecule has 7 heteroatoms. The maximum absolute atomic E-state index is 12.9. The lowest BCUT2D eigenvalue weighted by atomic mass is 10.0. The molecule has 1 atom stereocenters. The van der Waals surface area contributed by atoms with Gasteiger partial charge in [-0.05, 0) is 53.5 Å². The molecular formula is C22H28N2O4S. The smallest absolute Gasteiger partial charge is 0.261 e. The molecule has 1 N–H and O–H groups in total. The normalized spacial score (nSPS) is 18.3. The molecule has 1 amide bonds. The molecule has 1 aliphatic heterocycles. The van der Waals surface area contributed by atoms with E-state index in [-0.39, 0.29) is 11.9 Å². The van der Waals surface area contributed by atoms with Crippen LogP contribution in [0.2, 0.25) is 0 Å². The van der Waals surface area contributed by atoms with E-state index in [0.717, 1.165) is 23.5 Å². The van der Waals surface area contributed by atoms with E-state index in [0.29, 0.717) is 37.2 Å². The van der Waals surface area contributed by atoms with Gasteiger partial charge in [-0.25, -0.2) is 0 Å². The second-order valence-corrected chi connectivity index (χ2v) is 8.38. The molecule has 1 unspecified atom stereocenters. The van der Waals surface area contributed by atoms with Crippen molar-refractivity contribution in [2.24, 2.45) is 0 Å². The lowest BCUT2D eigenvalue weighted by Crippen LogP contribution is -2.43. The summed E-state index contributed by atoms with van der Waals surface area (Å²) in [6.07, 6.45) is 2.39. The van der Waals surface area contributed by atoms with E-state index in [1.54, 1.807) is 14.2 Å². The van der Waals surface area contributed by atoms with Crippen LogP contribution in [0.3, 0.4) is 0 Å². The van der Waals surface area contributed by atoms with Crippen LogP contribution in [0, 0.1) is 0 Å². The molecule has 1 aliphatic carbocycles. The number of carbonyl (C=O) groups is 1. The van der Waals surface area contributed by atoms with Crippen molar-refractivity contribution < 1.29 is 19.0 Å². The van der Waals surface area contributed by atoms with Crippen LogP contribution in [0.1, 0.15) is 45.6 Å². The molecule has 0 radical (unpaired) electrons. The first-order chi connectivity index (χ1) is 14.2. The lowest BCUT2D eigenvalue weighted by molar-refractivity contribution is 0.0162. The summed E-state index contributed by atoms with van der Waals surface area (Å²) in [6, 6.07) is 8.13. The Morgan fingerprint density at radius 1 is 1.21 bits per heavy atom. The van der Waals surface area contributed by atoms with Crippen molar-refractivity contribution in [3.63, 3.8) is 0 Å². The zero-order valence-electron chi connectivity index (χ0n) is 17.0. The van der Waals surface area contributed by atoms with E-state index in [2.05, 4.69) is 22.3 Å². The molecule has 0 bridgehead atoms. The van der Waals surface area contributed by atoms with Gasteiger partial charge in [-0.1, -0.05) is 6.07 Å². The van der Waals surface area contributed by atoms with Crippen molar-refractivity contribution in [3.8, 4) is 11.5 Å². The second kappa shape index (κ2) is 9.15. The number of amides is 1. The minimum Gasteiger partial charge on any atom is -0.493 e. The van der Waals surface area contributed by atoms with Crippen molar-refractivity contribution in [1.82, 2.24) is 10.2 Å². The first kappa shape index (κ1) is 20.2. The van der Waals surface area contributed by atoms with Crippen LogP contribution < -0.4 is 14.8 Å². The highest BCUT2D eigenvalue weighted by atomic mass is 32.1. The standard InChI is InChI=1S/C22H28N2O4S/c1-26-19-6-5-16(13-20(19)27-2)18(24-8-10-28-11-9-24)14-23-22(25)21-17(7-12-29-21)15-3-4-15/h5-7,12-13,15,18H,3-4,8-11,14H2,1-2H3,(H,23,25). The van der Waals surface area contributed by atoms with Crippen molar-refractivity contribution >= 4 is 17.2 Å².